The number of carbonyl (C=O) groups excluding carboxylic acids is 2. The summed E-state index contributed by atoms with van der Waals surface area (Å²) in [6.45, 7) is 1.59. The molecule has 0 fully saturated rings. The van der Waals surface area contributed by atoms with Gasteiger partial charge < -0.3 is 14.3 Å². The molecule has 0 unspecified atom stereocenters. The maximum absolute atomic E-state index is 12.0. The van der Waals surface area contributed by atoms with E-state index in [-0.39, 0.29) is 11.8 Å². The first-order valence-corrected chi connectivity index (χ1v) is 10.6. The van der Waals surface area contributed by atoms with Crippen LogP contribution in [0.5, 0.6) is 11.5 Å². The number of hydrogen-bond donors (Lipinski definition) is 0. The average Bonchev–Trinajstić information content (AvgIpc) is 2.79. The summed E-state index contributed by atoms with van der Waals surface area (Å²) in [6, 6.07) is 23.9. The summed E-state index contributed by atoms with van der Waals surface area (Å²) in [4.78, 5) is 22.9. The third kappa shape index (κ3) is 6.82. The molecule has 0 amide bonds. The lowest BCUT2D eigenvalue weighted by molar-refractivity contribution is -0.134. The Balaban J connectivity index is 1.53. The van der Waals surface area contributed by atoms with Gasteiger partial charge in [-0.25, -0.2) is 0 Å². The molecular formula is C27H28O4. The zero-order chi connectivity index (χ0) is 22.1. The molecule has 0 N–H and O–H groups in total. The van der Waals surface area contributed by atoms with E-state index in [0.717, 1.165) is 47.3 Å². The monoisotopic (exact) mass is 416 g/mol. The van der Waals surface area contributed by atoms with Crippen molar-refractivity contribution in [2.75, 3.05) is 7.11 Å². The highest BCUT2D eigenvalue weighted by atomic mass is 16.5. The van der Waals surface area contributed by atoms with Crippen LogP contribution in [0.1, 0.15) is 39.0 Å². The van der Waals surface area contributed by atoms with Gasteiger partial charge in [-0.05, 0) is 66.3 Å². The fraction of sp³-hybridized carbons (Fsp3) is 0.259. The molecule has 4 nitrogen and oxygen atoms in total. The van der Waals surface area contributed by atoms with E-state index < -0.39 is 0 Å². The fourth-order valence-corrected chi connectivity index (χ4v) is 3.36. The molecule has 3 rings (SSSR count). The van der Waals surface area contributed by atoms with E-state index in [2.05, 4.69) is 24.3 Å². The van der Waals surface area contributed by atoms with Crippen molar-refractivity contribution in [3.05, 3.63) is 72.8 Å². The molecular weight excluding hydrogens is 388 g/mol. The second-order valence-electron chi connectivity index (χ2n) is 7.57. The molecule has 3 aromatic carbocycles. The predicted molar refractivity (Wildman–Crippen MR) is 123 cm³/mol. The van der Waals surface area contributed by atoms with E-state index in [0.29, 0.717) is 18.6 Å². The van der Waals surface area contributed by atoms with E-state index in [9.17, 15) is 9.59 Å². The number of Topliss-reactive ketones (excluding diaryl/α,β-unsaturated/α-hetero) is 1. The van der Waals surface area contributed by atoms with Crippen LogP contribution in [0.2, 0.25) is 0 Å². The van der Waals surface area contributed by atoms with E-state index in [4.69, 9.17) is 9.47 Å². The van der Waals surface area contributed by atoms with Crippen LogP contribution in [0.15, 0.2) is 72.8 Å². The van der Waals surface area contributed by atoms with Crippen LogP contribution in [-0.4, -0.2) is 18.9 Å². The van der Waals surface area contributed by atoms with Crippen molar-refractivity contribution >= 4 is 11.8 Å². The predicted octanol–water partition coefficient (Wildman–Crippen LogP) is 6.47. The normalized spacial score (nSPS) is 10.5. The Morgan fingerprint density at radius 3 is 1.48 bits per heavy atom. The summed E-state index contributed by atoms with van der Waals surface area (Å²) in [5.74, 6) is 1.35. The van der Waals surface area contributed by atoms with E-state index in [1.165, 1.54) is 0 Å². The largest absolute Gasteiger partial charge is 0.497 e. The quantitative estimate of drug-likeness (QED) is 0.216. The van der Waals surface area contributed by atoms with Gasteiger partial charge in [-0.2, -0.15) is 0 Å². The maximum atomic E-state index is 12.0. The molecule has 4 heteroatoms. The zero-order valence-corrected chi connectivity index (χ0v) is 18.1. The molecule has 0 aliphatic carbocycles. The Bertz CT molecular complexity index is 987. The standard InChI is InChI=1S/C27H28O4/c1-20(28)6-4-3-5-7-27(29)31-26-18-14-24(15-19-26)22-10-8-21(9-11-22)23-12-16-25(30-2)17-13-23/h8-19H,3-7H2,1-2H3. The number of esters is 1. The minimum Gasteiger partial charge on any atom is -0.497 e. The molecule has 0 aliphatic heterocycles. The minimum absolute atomic E-state index is 0.193. The highest BCUT2D eigenvalue weighted by Crippen LogP contribution is 2.27. The van der Waals surface area contributed by atoms with Crippen molar-refractivity contribution in [1.29, 1.82) is 0 Å². The molecule has 0 heterocycles. The second-order valence-corrected chi connectivity index (χ2v) is 7.57. The summed E-state index contributed by atoms with van der Waals surface area (Å²) >= 11 is 0. The molecule has 31 heavy (non-hydrogen) atoms. The molecule has 0 radical (unpaired) electrons. The van der Waals surface area contributed by atoms with Crippen molar-refractivity contribution in [1.82, 2.24) is 0 Å². The van der Waals surface area contributed by atoms with Gasteiger partial charge in [-0.1, -0.05) is 55.0 Å². The van der Waals surface area contributed by atoms with Crippen molar-refractivity contribution in [3.8, 4) is 33.8 Å². The Kier molecular flexibility index (Phi) is 7.99. The molecule has 160 valence electrons. The molecule has 0 aromatic heterocycles. The van der Waals surface area contributed by atoms with Gasteiger partial charge >= 0.3 is 5.97 Å². The lowest BCUT2D eigenvalue weighted by Gasteiger charge is -2.08. The van der Waals surface area contributed by atoms with Gasteiger partial charge in [-0.15, -0.1) is 0 Å². The number of ether oxygens (including phenoxy) is 2. The molecule has 0 spiro atoms. The number of ketones is 1. The number of benzene rings is 3. The van der Waals surface area contributed by atoms with Gasteiger partial charge in [0.15, 0.2) is 0 Å². The van der Waals surface area contributed by atoms with E-state index in [1.54, 1.807) is 14.0 Å². The van der Waals surface area contributed by atoms with Gasteiger partial charge in [-0.3, -0.25) is 4.79 Å². The number of rotatable bonds is 10. The summed E-state index contributed by atoms with van der Waals surface area (Å²) in [6.07, 6.45) is 3.38. The molecule has 0 saturated heterocycles. The third-order valence-electron chi connectivity index (χ3n) is 5.14. The smallest absolute Gasteiger partial charge is 0.311 e. The van der Waals surface area contributed by atoms with Crippen molar-refractivity contribution in [2.24, 2.45) is 0 Å². The number of unbranched alkanes of at least 4 members (excludes halogenated alkanes) is 2. The van der Waals surface area contributed by atoms with Gasteiger partial charge in [0, 0.05) is 12.8 Å². The third-order valence-corrected chi connectivity index (χ3v) is 5.14. The first-order valence-electron chi connectivity index (χ1n) is 10.6. The molecule has 0 bridgehead atoms. The van der Waals surface area contributed by atoms with E-state index >= 15 is 0 Å². The molecule has 0 saturated carbocycles. The molecule has 0 aliphatic rings. The van der Waals surface area contributed by atoms with Crippen LogP contribution < -0.4 is 9.47 Å². The lowest BCUT2D eigenvalue weighted by atomic mass is 10.0. The van der Waals surface area contributed by atoms with Crippen LogP contribution in [0.3, 0.4) is 0 Å². The zero-order valence-electron chi connectivity index (χ0n) is 18.1. The van der Waals surface area contributed by atoms with Crippen LogP contribution in [-0.2, 0) is 9.59 Å². The van der Waals surface area contributed by atoms with Crippen LogP contribution in [0, 0.1) is 0 Å². The van der Waals surface area contributed by atoms with Crippen LogP contribution >= 0.6 is 0 Å². The number of carbonyl (C=O) groups is 2. The lowest BCUT2D eigenvalue weighted by Crippen LogP contribution is -2.07. The van der Waals surface area contributed by atoms with Crippen LogP contribution in [0.25, 0.3) is 22.3 Å². The Morgan fingerprint density at radius 2 is 1.03 bits per heavy atom. The topological polar surface area (TPSA) is 52.6 Å². The van der Waals surface area contributed by atoms with Gasteiger partial charge in [0.2, 0.25) is 0 Å². The van der Waals surface area contributed by atoms with Crippen molar-refractivity contribution < 1.29 is 19.1 Å². The Hall–Kier alpha value is -3.40. The van der Waals surface area contributed by atoms with Crippen molar-refractivity contribution in [2.45, 2.75) is 39.0 Å². The average molecular weight is 417 g/mol. The van der Waals surface area contributed by atoms with Crippen molar-refractivity contribution in [3.63, 3.8) is 0 Å². The first kappa shape index (κ1) is 22.3. The highest BCUT2D eigenvalue weighted by Gasteiger charge is 2.06. The maximum Gasteiger partial charge on any atom is 0.311 e. The second kappa shape index (κ2) is 11.1. The summed E-state index contributed by atoms with van der Waals surface area (Å²) in [5, 5.41) is 0. The number of methoxy groups -OCH3 is 1. The molecule has 0 atom stereocenters. The Morgan fingerprint density at radius 1 is 0.613 bits per heavy atom. The summed E-state index contributed by atoms with van der Waals surface area (Å²) in [5.41, 5.74) is 4.43. The van der Waals surface area contributed by atoms with Gasteiger partial charge in [0.25, 0.3) is 0 Å². The first-order chi connectivity index (χ1) is 15.0. The number of hydrogen-bond acceptors (Lipinski definition) is 4. The SMILES string of the molecule is COc1ccc(-c2ccc(-c3ccc(OC(=O)CCCCCC(C)=O)cc3)cc2)cc1. The van der Waals surface area contributed by atoms with Gasteiger partial charge in [0.05, 0.1) is 7.11 Å². The molecule has 3 aromatic rings. The highest BCUT2D eigenvalue weighted by molar-refractivity contribution is 5.75. The fourth-order valence-electron chi connectivity index (χ4n) is 3.36. The van der Waals surface area contributed by atoms with Gasteiger partial charge in [0.1, 0.15) is 17.3 Å². The summed E-state index contributed by atoms with van der Waals surface area (Å²) in [7, 11) is 1.66. The van der Waals surface area contributed by atoms with E-state index in [1.807, 2.05) is 48.5 Å². The van der Waals surface area contributed by atoms with Crippen LogP contribution in [0.4, 0.5) is 0 Å². The Labute approximate surface area is 183 Å². The minimum atomic E-state index is -0.237. The summed E-state index contributed by atoms with van der Waals surface area (Å²) < 4.78 is 10.6.